The van der Waals surface area contributed by atoms with Crippen LogP contribution in [0.5, 0.6) is 0 Å². The molecule has 0 aromatic heterocycles. The van der Waals surface area contributed by atoms with Gasteiger partial charge in [0, 0.05) is 18.7 Å². The summed E-state index contributed by atoms with van der Waals surface area (Å²) in [5, 5.41) is 5.84. The number of thioether (sulfide) groups is 1. The van der Waals surface area contributed by atoms with Crippen molar-refractivity contribution in [2.75, 3.05) is 11.9 Å². The number of halogens is 3. The molecular weight excluding hydrogens is 369 g/mol. The number of carbonyl (C=O) groups excluding carboxylic acids is 2. The second-order valence-electron chi connectivity index (χ2n) is 5.95. The molecule has 0 bridgehead atoms. The fraction of sp³-hybridized carbons (Fsp3) is 0.438. The average Bonchev–Trinajstić information content (AvgIpc) is 2.82. The third-order valence-electron chi connectivity index (χ3n) is 3.91. The molecule has 1 aromatic carbocycles. The average molecular weight is 388 g/mol. The van der Waals surface area contributed by atoms with Crippen molar-refractivity contribution in [1.82, 2.24) is 5.32 Å². The first-order valence-corrected chi connectivity index (χ1v) is 8.62. The van der Waals surface area contributed by atoms with Gasteiger partial charge < -0.3 is 16.4 Å². The fourth-order valence-corrected chi connectivity index (χ4v) is 3.32. The Balaban J connectivity index is 2.09. The van der Waals surface area contributed by atoms with E-state index in [0.717, 1.165) is 12.5 Å². The second-order valence-corrected chi connectivity index (χ2v) is 7.36. The van der Waals surface area contributed by atoms with Crippen LogP contribution in [0.3, 0.4) is 0 Å². The predicted molar refractivity (Wildman–Crippen MR) is 94.8 cm³/mol. The normalized spacial score (nSPS) is 21.3. The predicted octanol–water partition coefficient (Wildman–Crippen LogP) is 2.57. The van der Waals surface area contributed by atoms with Gasteiger partial charge in [-0.05, 0) is 25.5 Å². The largest absolute Gasteiger partial charge is 0.412 e. The Labute approximate surface area is 152 Å². The molecule has 10 heteroatoms. The van der Waals surface area contributed by atoms with Gasteiger partial charge in [0.2, 0.25) is 5.91 Å². The Hall–Kier alpha value is -2.23. The summed E-state index contributed by atoms with van der Waals surface area (Å²) in [7, 11) is 0. The summed E-state index contributed by atoms with van der Waals surface area (Å²) in [5.74, 6) is -1.67. The lowest BCUT2D eigenvalue weighted by Crippen LogP contribution is -2.44. The summed E-state index contributed by atoms with van der Waals surface area (Å²) in [6.07, 6.45) is -4.55. The van der Waals surface area contributed by atoms with Crippen LogP contribution < -0.4 is 16.4 Å². The van der Waals surface area contributed by atoms with Crippen molar-refractivity contribution in [2.24, 2.45) is 10.7 Å². The maximum absolute atomic E-state index is 13.1. The van der Waals surface area contributed by atoms with E-state index in [-0.39, 0.29) is 11.6 Å². The number of primary amides is 1. The number of alkyl halides is 3. The van der Waals surface area contributed by atoms with E-state index >= 15 is 0 Å². The quantitative estimate of drug-likeness (QED) is 0.696. The number of rotatable bonds is 6. The molecule has 0 fully saturated rings. The van der Waals surface area contributed by atoms with Crippen molar-refractivity contribution in [2.45, 2.75) is 37.2 Å². The monoisotopic (exact) mass is 388 g/mol. The summed E-state index contributed by atoms with van der Waals surface area (Å²) < 4.78 is 36.7. The zero-order chi connectivity index (χ0) is 19.5. The summed E-state index contributed by atoms with van der Waals surface area (Å²) in [5.41, 5.74) is 6.57. The molecule has 142 valence electrons. The first-order chi connectivity index (χ1) is 12.0. The van der Waals surface area contributed by atoms with Gasteiger partial charge in [0.1, 0.15) is 0 Å². The van der Waals surface area contributed by atoms with Gasteiger partial charge in [-0.2, -0.15) is 18.2 Å². The van der Waals surface area contributed by atoms with Gasteiger partial charge in [0.05, 0.1) is 6.04 Å². The number of nitrogens with two attached hydrogens (primary N) is 1. The molecule has 1 aromatic rings. The Morgan fingerprint density at radius 3 is 2.62 bits per heavy atom. The maximum atomic E-state index is 13.1. The molecule has 6 nitrogen and oxygen atoms in total. The van der Waals surface area contributed by atoms with E-state index in [1.807, 2.05) is 0 Å². The SMILES string of the molecule is C[C@H](NC1=NC(=O)C(C)(C(F)(F)F)S1)c1ccccc1NCCC(N)=O. The van der Waals surface area contributed by atoms with E-state index < -0.39 is 28.8 Å². The molecule has 1 aliphatic rings. The van der Waals surface area contributed by atoms with Crippen LogP contribution in [-0.4, -0.2) is 34.5 Å². The minimum Gasteiger partial charge on any atom is -0.384 e. The number of benzene rings is 1. The minimum absolute atomic E-state index is 0.0748. The molecule has 0 radical (unpaired) electrons. The number of para-hydroxylation sites is 1. The van der Waals surface area contributed by atoms with Crippen molar-refractivity contribution < 1.29 is 22.8 Å². The number of hydrogen-bond donors (Lipinski definition) is 3. The number of nitrogens with one attached hydrogen (secondary N) is 2. The van der Waals surface area contributed by atoms with Crippen LogP contribution in [0.25, 0.3) is 0 Å². The van der Waals surface area contributed by atoms with E-state index in [0.29, 0.717) is 24.0 Å². The summed E-state index contributed by atoms with van der Waals surface area (Å²) in [6, 6.07) is 6.72. The molecule has 1 heterocycles. The number of carbonyl (C=O) groups is 2. The van der Waals surface area contributed by atoms with E-state index in [1.54, 1.807) is 31.2 Å². The molecule has 2 amide bonds. The molecule has 0 saturated heterocycles. The first-order valence-electron chi connectivity index (χ1n) is 7.81. The third kappa shape index (κ3) is 4.29. The molecule has 2 atom stereocenters. The maximum Gasteiger partial charge on any atom is 0.412 e. The highest BCUT2D eigenvalue weighted by Crippen LogP contribution is 2.46. The van der Waals surface area contributed by atoms with Crippen LogP contribution in [0, 0.1) is 0 Å². The van der Waals surface area contributed by atoms with Gasteiger partial charge in [0.15, 0.2) is 9.91 Å². The van der Waals surface area contributed by atoms with Crippen molar-refractivity contribution in [3.63, 3.8) is 0 Å². The first kappa shape index (κ1) is 20.1. The number of aliphatic imine (C=N–C) groups is 1. The molecule has 2 rings (SSSR count). The van der Waals surface area contributed by atoms with Crippen LogP contribution in [0.1, 0.15) is 31.9 Å². The van der Waals surface area contributed by atoms with Gasteiger partial charge in [-0.15, -0.1) is 0 Å². The lowest BCUT2D eigenvalue weighted by atomic mass is 10.1. The molecule has 4 N–H and O–H groups in total. The Morgan fingerprint density at radius 1 is 1.38 bits per heavy atom. The lowest BCUT2D eigenvalue weighted by Gasteiger charge is -2.24. The van der Waals surface area contributed by atoms with E-state index in [2.05, 4.69) is 15.6 Å². The van der Waals surface area contributed by atoms with E-state index in [1.165, 1.54) is 0 Å². The smallest absolute Gasteiger partial charge is 0.384 e. The van der Waals surface area contributed by atoms with Crippen molar-refractivity contribution >= 4 is 34.4 Å². The van der Waals surface area contributed by atoms with Gasteiger partial charge in [-0.3, -0.25) is 9.59 Å². The molecule has 0 saturated carbocycles. The highest BCUT2D eigenvalue weighted by Gasteiger charge is 2.61. The van der Waals surface area contributed by atoms with Gasteiger partial charge in [-0.25, -0.2) is 0 Å². The molecule has 0 aliphatic carbocycles. The summed E-state index contributed by atoms with van der Waals surface area (Å²) in [6.45, 7) is 2.90. The Kier molecular flexibility index (Phi) is 5.84. The van der Waals surface area contributed by atoms with Crippen LogP contribution in [0.2, 0.25) is 0 Å². The molecular formula is C16H19F3N4O2S. The number of nitrogens with zero attached hydrogens (tertiary/aromatic N) is 1. The fourth-order valence-electron chi connectivity index (χ4n) is 2.32. The van der Waals surface area contributed by atoms with Crippen molar-refractivity contribution in [3.8, 4) is 0 Å². The number of anilines is 1. The standard InChI is InChI=1S/C16H19F3N4O2S/c1-9(10-5-3-4-6-11(10)21-8-7-12(20)24)22-14-23-13(25)15(2,26-14)16(17,18)19/h3-6,9,21H,7-8H2,1-2H3,(H2,20,24)(H,22,23,25)/t9-,15?/m0/s1. The second kappa shape index (κ2) is 7.56. The van der Waals surface area contributed by atoms with Gasteiger partial charge in [-0.1, -0.05) is 30.0 Å². The van der Waals surface area contributed by atoms with Crippen molar-refractivity contribution in [1.29, 1.82) is 0 Å². The summed E-state index contributed by atoms with van der Waals surface area (Å²) in [4.78, 5) is 26.1. The molecule has 0 spiro atoms. The van der Waals surface area contributed by atoms with Gasteiger partial charge in [0.25, 0.3) is 5.91 Å². The number of amides is 2. The van der Waals surface area contributed by atoms with Crippen LogP contribution >= 0.6 is 11.8 Å². The van der Waals surface area contributed by atoms with Crippen LogP contribution in [0.15, 0.2) is 29.3 Å². The lowest BCUT2D eigenvalue weighted by molar-refractivity contribution is -0.165. The molecule has 1 aliphatic heterocycles. The van der Waals surface area contributed by atoms with Crippen LogP contribution in [-0.2, 0) is 9.59 Å². The highest BCUT2D eigenvalue weighted by atomic mass is 32.2. The topological polar surface area (TPSA) is 96.6 Å². The third-order valence-corrected chi connectivity index (χ3v) is 5.12. The zero-order valence-corrected chi connectivity index (χ0v) is 15.0. The zero-order valence-electron chi connectivity index (χ0n) is 14.2. The summed E-state index contributed by atoms with van der Waals surface area (Å²) >= 11 is 0.361. The Morgan fingerprint density at radius 2 is 2.04 bits per heavy atom. The van der Waals surface area contributed by atoms with Gasteiger partial charge >= 0.3 is 6.18 Å². The van der Waals surface area contributed by atoms with Crippen molar-refractivity contribution in [3.05, 3.63) is 29.8 Å². The minimum atomic E-state index is -4.70. The Bertz CT molecular complexity index is 738. The highest BCUT2D eigenvalue weighted by molar-refractivity contribution is 8.16. The van der Waals surface area contributed by atoms with E-state index in [4.69, 9.17) is 5.73 Å². The number of hydrogen-bond acceptors (Lipinski definition) is 5. The van der Waals surface area contributed by atoms with E-state index in [9.17, 15) is 22.8 Å². The molecule has 1 unspecified atom stereocenters. The molecule has 26 heavy (non-hydrogen) atoms. The number of amidine groups is 1. The van der Waals surface area contributed by atoms with Crippen LogP contribution in [0.4, 0.5) is 18.9 Å².